The zero-order valence-electron chi connectivity index (χ0n) is 14.6. The molecular formula is C18H24FN5O. The van der Waals surface area contributed by atoms with Crippen molar-refractivity contribution >= 4 is 5.91 Å². The van der Waals surface area contributed by atoms with Gasteiger partial charge in [-0.1, -0.05) is 19.9 Å². The van der Waals surface area contributed by atoms with E-state index < -0.39 is 0 Å². The lowest BCUT2D eigenvalue weighted by Gasteiger charge is -2.08. The molecule has 1 aromatic heterocycles. The van der Waals surface area contributed by atoms with Gasteiger partial charge in [0.15, 0.2) is 0 Å². The van der Waals surface area contributed by atoms with Crippen molar-refractivity contribution in [1.29, 1.82) is 0 Å². The molecule has 1 unspecified atom stereocenters. The fourth-order valence-corrected chi connectivity index (χ4v) is 3.02. The molecule has 0 saturated carbocycles. The SMILES string of the molecule is CC(C)c1nc(C(=O)NCCC2CCNC2)nn1-c1cccc(F)c1. The van der Waals surface area contributed by atoms with Crippen LogP contribution in [0.25, 0.3) is 5.69 Å². The van der Waals surface area contributed by atoms with Crippen LogP contribution in [0.5, 0.6) is 0 Å². The van der Waals surface area contributed by atoms with Crippen LogP contribution < -0.4 is 10.6 Å². The summed E-state index contributed by atoms with van der Waals surface area (Å²) in [5.41, 5.74) is 0.562. The highest BCUT2D eigenvalue weighted by Crippen LogP contribution is 2.18. The molecule has 1 aliphatic rings. The number of aromatic nitrogens is 3. The van der Waals surface area contributed by atoms with Gasteiger partial charge in [0.1, 0.15) is 11.6 Å². The number of carbonyl (C=O) groups excluding carboxylic acids is 1. The first-order valence-corrected chi connectivity index (χ1v) is 8.76. The zero-order chi connectivity index (χ0) is 17.8. The van der Waals surface area contributed by atoms with Crippen molar-refractivity contribution in [2.24, 2.45) is 5.92 Å². The number of hydrogen-bond donors (Lipinski definition) is 2. The third kappa shape index (κ3) is 4.22. The van der Waals surface area contributed by atoms with Gasteiger partial charge in [-0.2, -0.15) is 0 Å². The van der Waals surface area contributed by atoms with E-state index in [0.717, 1.165) is 25.9 Å². The number of amides is 1. The molecule has 134 valence electrons. The van der Waals surface area contributed by atoms with Gasteiger partial charge in [0.05, 0.1) is 5.69 Å². The summed E-state index contributed by atoms with van der Waals surface area (Å²) in [5.74, 6) is 0.793. The van der Waals surface area contributed by atoms with Crippen molar-refractivity contribution < 1.29 is 9.18 Å². The Bertz CT molecular complexity index is 737. The van der Waals surface area contributed by atoms with Gasteiger partial charge in [0.25, 0.3) is 5.91 Å². The van der Waals surface area contributed by atoms with Gasteiger partial charge in [0, 0.05) is 12.5 Å². The lowest BCUT2D eigenvalue weighted by molar-refractivity contribution is 0.0941. The minimum absolute atomic E-state index is 0.0573. The predicted molar refractivity (Wildman–Crippen MR) is 93.3 cm³/mol. The van der Waals surface area contributed by atoms with E-state index in [-0.39, 0.29) is 23.5 Å². The molecule has 3 rings (SSSR count). The summed E-state index contributed by atoms with van der Waals surface area (Å²) in [7, 11) is 0. The smallest absolute Gasteiger partial charge is 0.290 e. The Kier molecular flexibility index (Phi) is 5.43. The van der Waals surface area contributed by atoms with Gasteiger partial charge in [-0.3, -0.25) is 4.79 Å². The second-order valence-electron chi connectivity index (χ2n) is 6.74. The van der Waals surface area contributed by atoms with Gasteiger partial charge >= 0.3 is 0 Å². The van der Waals surface area contributed by atoms with E-state index in [0.29, 0.717) is 24.0 Å². The van der Waals surface area contributed by atoms with Crippen LogP contribution in [0.1, 0.15) is 49.1 Å². The normalized spacial score (nSPS) is 17.2. The minimum Gasteiger partial charge on any atom is -0.349 e. The molecule has 0 aliphatic carbocycles. The van der Waals surface area contributed by atoms with E-state index >= 15 is 0 Å². The lowest BCUT2D eigenvalue weighted by atomic mass is 10.1. The average molecular weight is 345 g/mol. The molecule has 0 bridgehead atoms. The van der Waals surface area contributed by atoms with E-state index in [4.69, 9.17) is 0 Å². The van der Waals surface area contributed by atoms with Crippen molar-refractivity contribution in [3.63, 3.8) is 0 Å². The maximum Gasteiger partial charge on any atom is 0.290 e. The van der Waals surface area contributed by atoms with E-state index in [9.17, 15) is 9.18 Å². The van der Waals surface area contributed by atoms with Crippen LogP contribution in [0, 0.1) is 11.7 Å². The van der Waals surface area contributed by atoms with E-state index in [1.165, 1.54) is 12.1 Å². The van der Waals surface area contributed by atoms with Crippen LogP contribution >= 0.6 is 0 Å². The second-order valence-corrected chi connectivity index (χ2v) is 6.74. The number of carbonyl (C=O) groups is 1. The summed E-state index contributed by atoms with van der Waals surface area (Å²) in [4.78, 5) is 16.7. The molecule has 2 aromatic rings. The van der Waals surface area contributed by atoms with Crippen LogP contribution in [0.15, 0.2) is 24.3 Å². The number of hydrogen-bond acceptors (Lipinski definition) is 4. The topological polar surface area (TPSA) is 71.8 Å². The fourth-order valence-electron chi connectivity index (χ4n) is 3.02. The van der Waals surface area contributed by atoms with Crippen molar-refractivity contribution in [1.82, 2.24) is 25.4 Å². The maximum absolute atomic E-state index is 13.5. The fraction of sp³-hybridized carbons (Fsp3) is 0.500. The Balaban J connectivity index is 1.73. The molecule has 0 spiro atoms. The molecule has 1 fully saturated rings. The molecule has 2 N–H and O–H groups in total. The molecule has 1 saturated heterocycles. The van der Waals surface area contributed by atoms with E-state index in [1.807, 2.05) is 13.8 Å². The Morgan fingerprint density at radius 2 is 2.32 bits per heavy atom. The summed E-state index contributed by atoms with van der Waals surface area (Å²) in [6.07, 6.45) is 2.10. The van der Waals surface area contributed by atoms with Crippen molar-refractivity contribution in [3.05, 3.63) is 41.7 Å². The quantitative estimate of drug-likeness (QED) is 0.842. The average Bonchev–Trinajstić information content (AvgIpc) is 3.24. The molecule has 6 nitrogen and oxygen atoms in total. The Hall–Kier alpha value is -2.28. The molecule has 1 atom stereocenters. The third-order valence-corrected chi connectivity index (χ3v) is 4.40. The van der Waals surface area contributed by atoms with Gasteiger partial charge in [-0.25, -0.2) is 14.1 Å². The van der Waals surface area contributed by atoms with Gasteiger partial charge < -0.3 is 10.6 Å². The summed E-state index contributed by atoms with van der Waals surface area (Å²) in [5, 5.41) is 10.5. The summed E-state index contributed by atoms with van der Waals surface area (Å²) < 4.78 is 15.1. The molecule has 1 aromatic carbocycles. The predicted octanol–water partition coefficient (Wildman–Crippen LogP) is 2.26. The maximum atomic E-state index is 13.5. The van der Waals surface area contributed by atoms with Crippen LogP contribution in [0.3, 0.4) is 0 Å². The molecule has 0 radical (unpaired) electrons. The number of rotatable bonds is 6. The lowest BCUT2D eigenvalue weighted by Crippen LogP contribution is -2.27. The highest BCUT2D eigenvalue weighted by molar-refractivity contribution is 5.90. The first-order valence-electron chi connectivity index (χ1n) is 8.76. The number of benzene rings is 1. The third-order valence-electron chi connectivity index (χ3n) is 4.40. The summed E-state index contributed by atoms with van der Waals surface area (Å²) in [6.45, 7) is 6.61. The van der Waals surface area contributed by atoms with E-state index in [1.54, 1.807) is 16.8 Å². The molecular weight excluding hydrogens is 321 g/mol. The largest absolute Gasteiger partial charge is 0.349 e. The monoisotopic (exact) mass is 345 g/mol. The van der Waals surface area contributed by atoms with Crippen LogP contribution in [0.2, 0.25) is 0 Å². The molecule has 1 aliphatic heterocycles. The van der Waals surface area contributed by atoms with Crippen LogP contribution in [0.4, 0.5) is 4.39 Å². The summed E-state index contributed by atoms with van der Waals surface area (Å²) in [6, 6.07) is 6.13. The first-order chi connectivity index (χ1) is 12.0. The van der Waals surface area contributed by atoms with Crippen LogP contribution in [-0.4, -0.2) is 40.3 Å². The second kappa shape index (κ2) is 7.74. The highest BCUT2D eigenvalue weighted by atomic mass is 19.1. The summed E-state index contributed by atoms with van der Waals surface area (Å²) >= 11 is 0. The van der Waals surface area contributed by atoms with E-state index in [2.05, 4.69) is 20.7 Å². The van der Waals surface area contributed by atoms with Gasteiger partial charge in [-0.05, 0) is 50.0 Å². The van der Waals surface area contributed by atoms with Crippen LogP contribution in [-0.2, 0) is 0 Å². The molecule has 25 heavy (non-hydrogen) atoms. The van der Waals surface area contributed by atoms with Crippen molar-refractivity contribution in [2.75, 3.05) is 19.6 Å². The number of nitrogens with one attached hydrogen (secondary N) is 2. The zero-order valence-corrected chi connectivity index (χ0v) is 14.6. The Morgan fingerprint density at radius 3 is 3.00 bits per heavy atom. The molecule has 2 heterocycles. The Labute approximate surface area is 146 Å². The standard InChI is InChI=1S/C18H24FN5O/c1-12(2)17-22-16(18(25)21-9-7-13-6-8-20-11-13)23-24(17)15-5-3-4-14(19)10-15/h3-5,10,12-13,20H,6-9,11H2,1-2H3,(H,21,25). The highest BCUT2D eigenvalue weighted by Gasteiger charge is 2.20. The Morgan fingerprint density at radius 1 is 1.48 bits per heavy atom. The van der Waals surface area contributed by atoms with Crippen molar-refractivity contribution in [2.45, 2.75) is 32.6 Å². The number of nitrogens with zero attached hydrogens (tertiary/aromatic N) is 3. The molecule has 1 amide bonds. The number of halogens is 1. The molecule has 7 heteroatoms. The van der Waals surface area contributed by atoms with Gasteiger partial charge in [0.2, 0.25) is 5.82 Å². The first kappa shape index (κ1) is 17.5. The van der Waals surface area contributed by atoms with Crippen molar-refractivity contribution in [3.8, 4) is 5.69 Å². The minimum atomic E-state index is -0.348. The van der Waals surface area contributed by atoms with Gasteiger partial charge in [-0.15, -0.1) is 5.10 Å².